The summed E-state index contributed by atoms with van der Waals surface area (Å²) >= 11 is 0. The SMILES string of the molecule is NCc1cc(C(F)F)nc(N)c1C(=O)O. The number of aromatic nitrogens is 1. The van der Waals surface area contributed by atoms with Gasteiger partial charge in [-0.1, -0.05) is 0 Å². The molecule has 0 aliphatic rings. The molecular weight excluding hydrogens is 208 g/mol. The smallest absolute Gasteiger partial charge is 0.339 e. The van der Waals surface area contributed by atoms with E-state index < -0.39 is 23.9 Å². The third kappa shape index (κ3) is 2.18. The van der Waals surface area contributed by atoms with E-state index in [4.69, 9.17) is 16.6 Å². The van der Waals surface area contributed by atoms with Gasteiger partial charge >= 0.3 is 5.97 Å². The van der Waals surface area contributed by atoms with E-state index >= 15 is 0 Å². The number of nitrogen functional groups attached to an aromatic ring is 1. The summed E-state index contributed by atoms with van der Waals surface area (Å²) in [6.45, 7) is -0.186. The van der Waals surface area contributed by atoms with Gasteiger partial charge in [-0.15, -0.1) is 0 Å². The number of nitrogens with zero attached hydrogens (tertiary/aromatic N) is 1. The number of anilines is 1. The van der Waals surface area contributed by atoms with Crippen LogP contribution >= 0.6 is 0 Å². The van der Waals surface area contributed by atoms with Crippen LogP contribution in [0.1, 0.15) is 28.0 Å². The summed E-state index contributed by atoms with van der Waals surface area (Å²) in [5.41, 5.74) is 9.65. The Balaban J connectivity index is 3.37. The number of carbonyl (C=O) groups is 1. The molecule has 0 saturated heterocycles. The molecule has 0 unspecified atom stereocenters. The number of nitrogens with two attached hydrogens (primary N) is 2. The first-order chi connectivity index (χ1) is 6.97. The summed E-state index contributed by atoms with van der Waals surface area (Å²) in [6, 6.07) is 0.949. The summed E-state index contributed by atoms with van der Waals surface area (Å²) in [4.78, 5) is 14.0. The Bertz CT molecular complexity index is 396. The minimum absolute atomic E-state index is 0.0466. The molecule has 0 saturated carbocycles. The monoisotopic (exact) mass is 217 g/mol. The lowest BCUT2D eigenvalue weighted by Crippen LogP contribution is -2.13. The summed E-state index contributed by atoms with van der Waals surface area (Å²) in [6.07, 6.45) is -2.81. The normalized spacial score (nSPS) is 10.7. The van der Waals surface area contributed by atoms with Crippen LogP contribution in [0.25, 0.3) is 0 Å². The van der Waals surface area contributed by atoms with Crippen molar-refractivity contribution in [1.29, 1.82) is 0 Å². The molecule has 0 bridgehead atoms. The van der Waals surface area contributed by atoms with Gasteiger partial charge in [0.1, 0.15) is 17.1 Å². The third-order valence-electron chi connectivity index (χ3n) is 1.81. The van der Waals surface area contributed by atoms with Gasteiger partial charge in [0.15, 0.2) is 0 Å². The number of alkyl halides is 2. The summed E-state index contributed by atoms with van der Waals surface area (Å²) in [5, 5.41) is 8.74. The van der Waals surface area contributed by atoms with Crippen molar-refractivity contribution in [2.24, 2.45) is 5.73 Å². The van der Waals surface area contributed by atoms with Crippen LogP contribution in [0.2, 0.25) is 0 Å². The van der Waals surface area contributed by atoms with E-state index in [1.54, 1.807) is 0 Å². The molecule has 0 spiro atoms. The second-order valence-electron chi connectivity index (χ2n) is 2.78. The standard InChI is InChI=1S/C8H9F2N3O2/c9-6(10)4-1-3(2-11)5(8(14)15)7(12)13-4/h1,6H,2,11H2,(H2,12,13)(H,14,15). The first-order valence-electron chi connectivity index (χ1n) is 3.98. The number of hydrogen-bond donors (Lipinski definition) is 3. The van der Waals surface area contributed by atoms with Crippen molar-refractivity contribution >= 4 is 11.8 Å². The highest BCUT2D eigenvalue weighted by Crippen LogP contribution is 2.23. The Morgan fingerprint density at radius 3 is 2.60 bits per heavy atom. The van der Waals surface area contributed by atoms with Gasteiger partial charge in [-0.3, -0.25) is 0 Å². The molecule has 1 aromatic rings. The Morgan fingerprint density at radius 2 is 2.20 bits per heavy atom. The van der Waals surface area contributed by atoms with Gasteiger partial charge in [0, 0.05) is 6.54 Å². The van der Waals surface area contributed by atoms with Gasteiger partial charge in [0.2, 0.25) is 0 Å². The van der Waals surface area contributed by atoms with Crippen molar-refractivity contribution in [2.75, 3.05) is 5.73 Å². The van der Waals surface area contributed by atoms with Gasteiger partial charge < -0.3 is 16.6 Å². The highest BCUT2D eigenvalue weighted by atomic mass is 19.3. The molecule has 1 aromatic heterocycles. The Labute approximate surface area is 83.7 Å². The fraction of sp³-hybridized carbons (Fsp3) is 0.250. The molecule has 0 aromatic carbocycles. The zero-order chi connectivity index (χ0) is 11.6. The first-order valence-corrected chi connectivity index (χ1v) is 3.98. The Kier molecular flexibility index (Phi) is 3.15. The molecule has 5 N–H and O–H groups in total. The van der Waals surface area contributed by atoms with Crippen molar-refractivity contribution in [3.63, 3.8) is 0 Å². The number of carboxylic acids is 1. The van der Waals surface area contributed by atoms with E-state index in [0.29, 0.717) is 0 Å². The lowest BCUT2D eigenvalue weighted by Gasteiger charge is -2.08. The fourth-order valence-electron chi connectivity index (χ4n) is 1.16. The molecule has 82 valence electrons. The molecule has 0 fully saturated rings. The maximum Gasteiger partial charge on any atom is 0.339 e. The van der Waals surface area contributed by atoms with Crippen LogP contribution in [0.4, 0.5) is 14.6 Å². The maximum absolute atomic E-state index is 12.3. The predicted molar refractivity (Wildman–Crippen MR) is 48.5 cm³/mol. The maximum atomic E-state index is 12.3. The molecule has 15 heavy (non-hydrogen) atoms. The second kappa shape index (κ2) is 4.18. The van der Waals surface area contributed by atoms with Crippen LogP contribution in [0.15, 0.2) is 6.07 Å². The number of rotatable bonds is 3. The largest absolute Gasteiger partial charge is 0.478 e. The van der Waals surface area contributed by atoms with Crippen molar-refractivity contribution in [3.05, 3.63) is 22.9 Å². The average Bonchev–Trinajstić information content (AvgIpc) is 2.15. The van der Waals surface area contributed by atoms with E-state index in [1.807, 2.05) is 0 Å². The van der Waals surface area contributed by atoms with Crippen LogP contribution in [-0.4, -0.2) is 16.1 Å². The number of hydrogen-bond acceptors (Lipinski definition) is 4. The van der Waals surface area contributed by atoms with Gasteiger partial charge in [-0.05, 0) is 11.6 Å². The molecule has 1 rings (SSSR count). The van der Waals surface area contributed by atoms with Crippen LogP contribution in [0.3, 0.4) is 0 Å². The number of halogens is 2. The van der Waals surface area contributed by atoms with Crippen molar-refractivity contribution in [2.45, 2.75) is 13.0 Å². The highest BCUT2D eigenvalue weighted by molar-refractivity contribution is 5.94. The van der Waals surface area contributed by atoms with Gasteiger partial charge in [0.05, 0.1) is 0 Å². The Hall–Kier alpha value is -1.76. The van der Waals surface area contributed by atoms with Crippen molar-refractivity contribution < 1.29 is 18.7 Å². The molecule has 1 heterocycles. The summed E-state index contributed by atoms with van der Waals surface area (Å²) in [7, 11) is 0. The number of aromatic carboxylic acids is 1. The van der Waals surface area contributed by atoms with Crippen molar-refractivity contribution in [3.8, 4) is 0 Å². The summed E-state index contributed by atoms with van der Waals surface area (Å²) in [5.74, 6) is -1.78. The van der Waals surface area contributed by atoms with E-state index in [0.717, 1.165) is 6.07 Å². The van der Waals surface area contributed by atoms with Gasteiger partial charge in [0.25, 0.3) is 6.43 Å². The second-order valence-corrected chi connectivity index (χ2v) is 2.78. The minimum Gasteiger partial charge on any atom is -0.478 e. The predicted octanol–water partition coefficient (Wildman–Crippen LogP) is 0.758. The van der Waals surface area contributed by atoms with Crippen LogP contribution in [-0.2, 0) is 6.54 Å². The third-order valence-corrected chi connectivity index (χ3v) is 1.81. The molecule has 0 aliphatic carbocycles. The molecular formula is C8H9F2N3O2. The van der Waals surface area contributed by atoms with E-state index in [9.17, 15) is 13.6 Å². The van der Waals surface area contributed by atoms with E-state index in [2.05, 4.69) is 4.98 Å². The number of carboxylic acid groups (broad SMARTS) is 1. The van der Waals surface area contributed by atoms with Gasteiger partial charge in [-0.2, -0.15) is 0 Å². The molecule has 0 aliphatic heterocycles. The van der Waals surface area contributed by atoms with Crippen LogP contribution < -0.4 is 11.5 Å². The quantitative estimate of drug-likeness (QED) is 0.693. The Morgan fingerprint density at radius 1 is 1.60 bits per heavy atom. The highest BCUT2D eigenvalue weighted by Gasteiger charge is 2.19. The average molecular weight is 217 g/mol. The molecule has 0 amide bonds. The molecule has 7 heteroatoms. The fourth-order valence-corrected chi connectivity index (χ4v) is 1.16. The van der Waals surface area contributed by atoms with E-state index in [-0.39, 0.29) is 17.7 Å². The zero-order valence-corrected chi connectivity index (χ0v) is 7.58. The van der Waals surface area contributed by atoms with E-state index in [1.165, 1.54) is 0 Å². The lowest BCUT2D eigenvalue weighted by molar-refractivity contribution is 0.0695. The molecule has 5 nitrogen and oxygen atoms in total. The summed E-state index contributed by atoms with van der Waals surface area (Å²) < 4.78 is 24.6. The molecule has 0 radical (unpaired) electrons. The van der Waals surface area contributed by atoms with Crippen molar-refractivity contribution in [1.82, 2.24) is 4.98 Å². The first kappa shape index (κ1) is 11.3. The topological polar surface area (TPSA) is 102 Å². The molecule has 0 atom stereocenters. The van der Waals surface area contributed by atoms with Crippen LogP contribution in [0, 0.1) is 0 Å². The van der Waals surface area contributed by atoms with Crippen LogP contribution in [0.5, 0.6) is 0 Å². The number of pyridine rings is 1. The zero-order valence-electron chi connectivity index (χ0n) is 7.58. The lowest BCUT2D eigenvalue weighted by atomic mass is 10.1. The van der Waals surface area contributed by atoms with Gasteiger partial charge in [-0.25, -0.2) is 18.6 Å². The minimum atomic E-state index is -2.81.